The summed E-state index contributed by atoms with van der Waals surface area (Å²) >= 11 is 0. The summed E-state index contributed by atoms with van der Waals surface area (Å²) in [5.41, 5.74) is 10.7. The van der Waals surface area contributed by atoms with Crippen LogP contribution in [-0.4, -0.2) is 33.3 Å². The third-order valence-electron chi connectivity index (χ3n) is 5.74. The zero-order valence-electron chi connectivity index (χ0n) is 20.3. The van der Waals surface area contributed by atoms with Gasteiger partial charge in [0, 0.05) is 28.9 Å². The molecule has 4 N–H and O–H groups in total. The highest BCUT2D eigenvalue weighted by atomic mass is 32.2. The maximum Gasteiger partial charge on any atom is 0.255 e. The van der Waals surface area contributed by atoms with Gasteiger partial charge in [0.1, 0.15) is 5.75 Å². The molecule has 2 aromatic carbocycles. The Bertz CT molecular complexity index is 1310. The fourth-order valence-electron chi connectivity index (χ4n) is 4.08. The summed E-state index contributed by atoms with van der Waals surface area (Å²) in [5.74, 6) is 0.760. The minimum atomic E-state index is -3.35. The van der Waals surface area contributed by atoms with Crippen molar-refractivity contribution in [1.29, 1.82) is 0 Å². The Labute approximate surface area is 201 Å². The van der Waals surface area contributed by atoms with Crippen molar-refractivity contribution in [2.75, 3.05) is 24.6 Å². The average molecular weight is 484 g/mol. The molecular weight excluding hydrogens is 450 g/mol. The number of hydrogen-bond donors (Lipinski definition) is 3. The van der Waals surface area contributed by atoms with Gasteiger partial charge in [-0.2, -0.15) is 0 Å². The van der Waals surface area contributed by atoms with Crippen molar-refractivity contribution in [2.24, 2.45) is 5.73 Å². The maximum atomic E-state index is 12.5. The predicted molar refractivity (Wildman–Crippen MR) is 138 cm³/mol. The van der Waals surface area contributed by atoms with Gasteiger partial charge in [0.2, 0.25) is 10.0 Å². The lowest BCUT2D eigenvalue weighted by molar-refractivity contribution is 0.391. The summed E-state index contributed by atoms with van der Waals surface area (Å²) in [6.07, 6.45) is 3.33. The maximum absolute atomic E-state index is 12.5. The second-order valence-electron chi connectivity index (χ2n) is 9.51. The molecule has 0 aliphatic rings. The van der Waals surface area contributed by atoms with Crippen molar-refractivity contribution in [2.45, 2.75) is 38.5 Å². The molecule has 3 rings (SSSR count). The monoisotopic (exact) mass is 483 g/mol. The predicted octanol–water partition coefficient (Wildman–Crippen LogP) is 4.00. The number of aromatic nitrogens is 1. The van der Waals surface area contributed by atoms with Gasteiger partial charge in [-0.1, -0.05) is 32.9 Å². The third kappa shape index (κ3) is 6.07. The molecular formula is C26H33N3O4S. The number of pyridine rings is 1. The minimum absolute atomic E-state index is 0.0293. The van der Waals surface area contributed by atoms with Gasteiger partial charge in [-0.3, -0.25) is 9.52 Å². The van der Waals surface area contributed by atoms with Crippen molar-refractivity contribution >= 4 is 15.7 Å². The molecule has 1 heterocycles. The zero-order valence-corrected chi connectivity index (χ0v) is 21.1. The van der Waals surface area contributed by atoms with Crippen LogP contribution in [-0.2, 0) is 21.9 Å². The molecule has 0 saturated carbocycles. The van der Waals surface area contributed by atoms with Gasteiger partial charge in [0.25, 0.3) is 5.56 Å². The summed E-state index contributed by atoms with van der Waals surface area (Å²) in [7, 11) is -1.69. The molecule has 0 bridgehead atoms. The molecule has 7 nitrogen and oxygen atoms in total. The third-order valence-corrected chi connectivity index (χ3v) is 6.35. The van der Waals surface area contributed by atoms with Crippen LogP contribution >= 0.6 is 0 Å². The first-order chi connectivity index (χ1) is 15.9. The van der Waals surface area contributed by atoms with E-state index in [0.29, 0.717) is 24.2 Å². The second-order valence-corrected chi connectivity index (χ2v) is 11.3. The Morgan fingerprint density at radius 1 is 1.12 bits per heavy atom. The lowest BCUT2D eigenvalue weighted by Gasteiger charge is -2.27. The summed E-state index contributed by atoms with van der Waals surface area (Å²) in [6, 6.07) is 14.9. The van der Waals surface area contributed by atoms with Crippen molar-refractivity contribution in [3.63, 3.8) is 0 Å². The number of ether oxygens (including phenoxy) is 1. The minimum Gasteiger partial charge on any atom is -0.496 e. The smallest absolute Gasteiger partial charge is 0.255 e. The Balaban J connectivity index is 2.07. The molecule has 0 fully saturated rings. The standard InChI is InChI=1S/C26H33N3O4S/c1-26(2,3)23-15-18(22-7-6-12-28-25(22)30)13-19(24(23)33-4)14-20(16-27)17-8-10-21(11-9-17)29-34(5,31)32/h6-13,15,20,29H,14,16,27H2,1-5H3,(H,28,30). The number of anilines is 1. The Morgan fingerprint density at radius 2 is 1.79 bits per heavy atom. The van der Waals surface area contributed by atoms with E-state index in [0.717, 1.165) is 34.3 Å². The molecule has 0 aliphatic carbocycles. The Morgan fingerprint density at radius 3 is 2.32 bits per heavy atom. The van der Waals surface area contributed by atoms with Crippen LogP contribution in [0.4, 0.5) is 5.69 Å². The lowest BCUT2D eigenvalue weighted by atomic mass is 9.81. The molecule has 1 aromatic heterocycles. The number of benzene rings is 2. The molecule has 3 aromatic rings. The zero-order chi connectivity index (χ0) is 25.1. The largest absolute Gasteiger partial charge is 0.496 e. The SMILES string of the molecule is COc1c(CC(CN)c2ccc(NS(C)(=O)=O)cc2)cc(-c2ccc[nH]c2=O)cc1C(C)(C)C. The van der Waals surface area contributed by atoms with E-state index >= 15 is 0 Å². The van der Waals surface area contributed by atoms with E-state index in [1.54, 1.807) is 25.4 Å². The van der Waals surface area contributed by atoms with Gasteiger partial charge in [0.05, 0.1) is 13.4 Å². The molecule has 8 heteroatoms. The van der Waals surface area contributed by atoms with Crippen LogP contribution in [0.1, 0.15) is 43.4 Å². The molecule has 34 heavy (non-hydrogen) atoms. The first-order valence-electron chi connectivity index (χ1n) is 11.1. The highest BCUT2D eigenvalue weighted by Gasteiger charge is 2.25. The lowest BCUT2D eigenvalue weighted by Crippen LogP contribution is -2.19. The van der Waals surface area contributed by atoms with Crippen molar-refractivity contribution in [3.8, 4) is 16.9 Å². The summed E-state index contributed by atoms with van der Waals surface area (Å²) in [4.78, 5) is 15.3. The second kappa shape index (κ2) is 10.0. The molecule has 0 radical (unpaired) electrons. The fourth-order valence-corrected chi connectivity index (χ4v) is 4.65. The van der Waals surface area contributed by atoms with Crippen molar-refractivity contribution < 1.29 is 13.2 Å². The van der Waals surface area contributed by atoms with Gasteiger partial charge in [0.15, 0.2) is 0 Å². The van der Waals surface area contributed by atoms with E-state index in [-0.39, 0.29) is 16.9 Å². The summed E-state index contributed by atoms with van der Waals surface area (Å²) in [6.45, 7) is 6.73. The highest BCUT2D eigenvalue weighted by molar-refractivity contribution is 7.92. The van der Waals surface area contributed by atoms with Crippen LogP contribution in [0.5, 0.6) is 5.75 Å². The molecule has 1 unspecified atom stereocenters. The molecule has 0 spiro atoms. The topological polar surface area (TPSA) is 114 Å². The highest BCUT2D eigenvalue weighted by Crippen LogP contribution is 2.39. The van der Waals surface area contributed by atoms with E-state index in [1.165, 1.54) is 0 Å². The Kier molecular flexibility index (Phi) is 7.53. The van der Waals surface area contributed by atoms with Crippen molar-refractivity contribution in [1.82, 2.24) is 4.98 Å². The van der Waals surface area contributed by atoms with E-state index in [2.05, 4.69) is 30.5 Å². The van der Waals surface area contributed by atoms with Crippen LogP contribution in [0.3, 0.4) is 0 Å². The van der Waals surface area contributed by atoms with Crippen LogP contribution < -0.4 is 20.8 Å². The first-order valence-corrected chi connectivity index (χ1v) is 13.0. The van der Waals surface area contributed by atoms with Gasteiger partial charge in [-0.25, -0.2) is 8.42 Å². The number of rotatable bonds is 8. The van der Waals surface area contributed by atoms with E-state index in [1.807, 2.05) is 36.4 Å². The number of hydrogen-bond acceptors (Lipinski definition) is 5. The number of H-pyrrole nitrogens is 1. The van der Waals surface area contributed by atoms with Gasteiger partial charge < -0.3 is 15.5 Å². The van der Waals surface area contributed by atoms with Gasteiger partial charge >= 0.3 is 0 Å². The number of nitrogens with two attached hydrogens (primary N) is 1. The number of methoxy groups -OCH3 is 1. The van der Waals surface area contributed by atoms with E-state index in [4.69, 9.17) is 10.5 Å². The summed E-state index contributed by atoms with van der Waals surface area (Å²) in [5, 5.41) is 0. The number of aromatic amines is 1. The molecule has 0 saturated heterocycles. The van der Waals surface area contributed by atoms with Crippen molar-refractivity contribution in [3.05, 3.63) is 81.8 Å². The molecule has 0 aliphatic heterocycles. The molecule has 0 amide bonds. The quantitative estimate of drug-likeness (QED) is 0.448. The normalized spacial score (nSPS) is 12.9. The van der Waals surface area contributed by atoms with Crippen LogP contribution in [0.15, 0.2) is 59.5 Å². The first kappa shape index (κ1) is 25.5. The summed E-state index contributed by atoms with van der Waals surface area (Å²) < 4.78 is 31.4. The van der Waals surface area contributed by atoms with Crippen LogP contribution in [0.2, 0.25) is 0 Å². The van der Waals surface area contributed by atoms with E-state index < -0.39 is 10.0 Å². The molecule has 182 valence electrons. The molecule has 1 atom stereocenters. The number of nitrogens with one attached hydrogen (secondary N) is 2. The fraction of sp³-hybridized carbons (Fsp3) is 0.346. The average Bonchev–Trinajstić information content (AvgIpc) is 2.76. The van der Waals surface area contributed by atoms with Gasteiger partial charge in [-0.05, 0) is 71.5 Å². The van der Waals surface area contributed by atoms with E-state index in [9.17, 15) is 13.2 Å². The van der Waals surface area contributed by atoms with Crippen LogP contribution in [0.25, 0.3) is 11.1 Å². The van der Waals surface area contributed by atoms with Gasteiger partial charge in [-0.15, -0.1) is 0 Å². The number of sulfonamides is 1. The van der Waals surface area contributed by atoms with Crippen LogP contribution in [0, 0.1) is 0 Å². The Hall–Kier alpha value is -3.10.